The van der Waals surface area contributed by atoms with Crippen LogP contribution in [0.3, 0.4) is 0 Å². The Kier molecular flexibility index (Phi) is 15.8. The van der Waals surface area contributed by atoms with Gasteiger partial charge in [0, 0.05) is 0 Å². The number of hydrogen-bond donors (Lipinski definition) is 0. The topological polar surface area (TPSA) is 24.7 Å². The van der Waals surface area contributed by atoms with Crippen molar-refractivity contribution in [3.05, 3.63) is 42.1 Å². The minimum absolute atomic E-state index is 0.498. The Balaban J connectivity index is 1.68. The maximum atomic E-state index is 4.63. The van der Waals surface area contributed by atoms with Crippen LogP contribution in [0.15, 0.2) is 40.3 Å². The van der Waals surface area contributed by atoms with E-state index in [-0.39, 0.29) is 0 Å². The summed E-state index contributed by atoms with van der Waals surface area (Å²) in [6.07, 6.45) is 29.5. The number of aliphatic imine (C=N–C) groups is 2. The first-order valence-corrected chi connectivity index (χ1v) is 14.3. The lowest BCUT2D eigenvalue weighted by molar-refractivity contribution is 0.286. The molecular weight excluding hydrogens is 400 g/mol. The predicted octanol–water partition coefficient (Wildman–Crippen LogP) is 9.78. The number of nitrogens with zero attached hydrogens (tertiary/aromatic N) is 2. The summed E-state index contributed by atoms with van der Waals surface area (Å²) in [5, 5.41) is 0. The molecule has 33 heavy (non-hydrogen) atoms. The van der Waals surface area contributed by atoms with E-state index in [4.69, 9.17) is 0 Å². The van der Waals surface area contributed by atoms with Gasteiger partial charge in [-0.2, -0.15) is 0 Å². The molecule has 1 aromatic carbocycles. The van der Waals surface area contributed by atoms with E-state index >= 15 is 0 Å². The fourth-order valence-electron chi connectivity index (χ4n) is 5.23. The number of hydrogen-bond acceptors (Lipinski definition) is 2. The lowest BCUT2D eigenvalue weighted by Crippen LogP contribution is -2.22. The zero-order valence-electron chi connectivity index (χ0n) is 21.8. The molecule has 2 heteroatoms. The minimum Gasteiger partial charge on any atom is -0.0965 e. The average molecular weight is 452 g/mol. The van der Waals surface area contributed by atoms with Crippen molar-refractivity contribution in [3.8, 4) is 0 Å². The largest absolute Gasteiger partial charge is 0.244 e. The van der Waals surface area contributed by atoms with E-state index in [9.17, 15) is 0 Å². The highest BCUT2D eigenvalue weighted by molar-refractivity contribution is 6.18. The molecule has 0 saturated heterocycles. The second kappa shape index (κ2) is 18.8. The molecule has 184 valence electrons. The smallest absolute Gasteiger partial charge is 0.0965 e. The van der Waals surface area contributed by atoms with Gasteiger partial charge in [0.1, 0.15) is 0 Å². The van der Waals surface area contributed by atoms with E-state index < -0.39 is 0 Å². The standard InChI is InChI=1S/C31H51N2/c1-3-5-7-8-9-10-11-12-13-14-15-16-20-23-29(27-28-21-18-17-19-22-28)30(24-6-4-2)31-32-25-26-33-31/h17-19,21-22,25-26,29-30H,3-16,20,23-24,27H2,1-2H3/q+1. The average Bonchev–Trinajstić information content (AvgIpc) is 3.37. The Morgan fingerprint density at radius 1 is 0.606 bits per heavy atom. The molecule has 0 fully saturated rings. The number of benzene rings is 1. The normalized spacial score (nSPS) is 14.8. The molecule has 2 nitrogen and oxygen atoms in total. The highest BCUT2D eigenvalue weighted by Gasteiger charge is 2.35. The quantitative estimate of drug-likeness (QED) is 0.131. The van der Waals surface area contributed by atoms with Gasteiger partial charge in [-0.1, -0.05) is 150 Å². The molecule has 2 atom stereocenters. The summed E-state index contributed by atoms with van der Waals surface area (Å²) in [7, 11) is 0. The van der Waals surface area contributed by atoms with Crippen molar-refractivity contribution in [1.29, 1.82) is 0 Å². The van der Waals surface area contributed by atoms with Crippen molar-refractivity contribution in [1.82, 2.24) is 0 Å². The van der Waals surface area contributed by atoms with Crippen molar-refractivity contribution in [2.24, 2.45) is 21.8 Å². The van der Waals surface area contributed by atoms with Gasteiger partial charge in [-0.15, -0.1) is 0 Å². The van der Waals surface area contributed by atoms with Crippen LogP contribution in [0.25, 0.3) is 0 Å². The van der Waals surface area contributed by atoms with Gasteiger partial charge in [-0.25, -0.2) is 0 Å². The Hall–Kier alpha value is -1.57. The van der Waals surface area contributed by atoms with Gasteiger partial charge in [-0.05, 0) is 30.7 Å². The van der Waals surface area contributed by atoms with E-state index in [0.717, 1.165) is 12.6 Å². The molecule has 1 aromatic rings. The Morgan fingerprint density at radius 3 is 1.67 bits per heavy atom. The number of unbranched alkanes of at least 4 members (excludes halogenated alkanes) is 13. The molecule has 0 aromatic heterocycles. The summed E-state index contributed by atoms with van der Waals surface area (Å²) in [6, 6.07) is 11.1. The van der Waals surface area contributed by atoms with Gasteiger partial charge in [0.25, 0.3) is 0 Å². The van der Waals surface area contributed by atoms with Crippen LogP contribution < -0.4 is 0 Å². The molecule has 0 radical (unpaired) electrons. The summed E-state index contributed by atoms with van der Waals surface area (Å²) in [4.78, 5) is 9.27. The third kappa shape index (κ3) is 12.5. The van der Waals surface area contributed by atoms with Crippen LogP contribution in [0, 0.1) is 18.0 Å². The zero-order valence-corrected chi connectivity index (χ0v) is 21.8. The fourth-order valence-corrected chi connectivity index (χ4v) is 5.23. The number of rotatable bonds is 21. The van der Waals surface area contributed by atoms with E-state index in [1.807, 2.05) is 12.4 Å². The molecule has 0 bridgehead atoms. The highest BCUT2D eigenvalue weighted by Crippen LogP contribution is 2.36. The van der Waals surface area contributed by atoms with Crippen LogP contribution in [0.2, 0.25) is 0 Å². The molecular formula is C31H51N2+. The van der Waals surface area contributed by atoms with Gasteiger partial charge < -0.3 is 0 Å². The summed E-state index contributed by atoms with van der Waals surface area (Å²) in [5.74, 6) is 1.14. The van der Waals surface area contributed by atoms with Crippen LogP contribution in [-0.2, 0) is 6.42 Å². The molecule has 2 unspecified atom stereocenters. The highest BCUT2D eigenvalue weighted by atomic mass is 15.0. The van der Waals surface area contributed by atoms with Crippen molar-refractivity contribution in [2.75, 3.05) is 0 Å². The molecule has 1 heterocycles. The first-order valence-electron chi connectivity index (χ1n) is 14.3. The summed E-state index contributed by atoms with van der Waals surface area (Å²) >= 11 is 0. The minimum atomic E-state index is 0.498. The van der Waals surface area contributed by atoms with Gasteiger partial charge in [0.15, 0.2) is 12.4 Å². The molecule has 1 aliphatic heterocycles. The van der Waals surface area contributed by atoms with Crippen molar-refractivity contribution >= 4 is 12.4 Å². The van der Waals surface area contributed by atoms with Gasteiger partial charge in [0.2, 0.25) is 6.17 Å². The van der Waals surface area contributed by atoms with E-state index in [2.05, 4.69) is 54.2 Å². The molecule has 0 amide bonds. The maximum Gasteiger partial charge on any atom is 0.244 e. The van der Waals surface area contributed by atoms with Crippen LogP contribution in [0.1, 0.15) is 129 Å². The predicted molar refractivity (Wildman–Crippen MR) is 147 cm³/mol. The fraction of sp³-hybridized carbons (Fsp3) is 0.710. The Labute approximate surface area is 205 Å². The Morgan fingerprint density at radius 2 is 1.12 bits per heavy atom. The molecule has 0 aliphatic carbocycles. The maximum absolute atomic E-state index is 4.63. The first kappa shape index (κ1) is 27.7. The van der Waals surface area contributed by atoms with Crippen LogP contribution in [-0.4, -0.2) is 12.4 Å². The Bertz CT molecular complexity index is 609. The summed E-state index contributed by atoms with van der Waals surface area (Å²) in [5.41, 5.74) is 1.46. The van der Waals surface area contributed by atoms with Gasteiger partial charge in [0.05, 0.1) is 5.92 Å². The second-order valence-corrected chi connectivity index (χ2v) is 10.1. The van der Waals surface area contributed by atoms with E-state index in [0.29, 0.717) is 11.8 Å². The van der Waals surface area contributed by atoms with Crippen LogP contribution >= 0.6 is 0 Å². The third-order valence-corrected chi connectivity index (χ3v) is 7.27. The third-order valence-electron chi connectivity index (χ3n) is 7.27. The van der Waals surface area contributed by atoms with Crippen molar-refractivity contribution in [2.45, 2.75) is 129 Å². The molecule has 0 N–H and O–H groups in total. The summed E-state index contributed by atoms with van der Waals surface area (Å²) in [6.45, 7) is 4.59. The zero-order chi connectivity index (χ0) is 23.4. The van der Waals surface area contributed by atoms with Gasteiger partial charge >= 0.3 is 0 Å². The second-order valence-electron chi connectivity index (χ2n) is 10.1. The van der Waals surface area contributed by atoms with Crippen LogP contribution in [0.4, 0.5) is 0 Å². The monoisotopic (exact) mass is 451 g/mol. The SMILES string of the molecule is CCCCCCCCCCCCCCCC(Cc1ccccc1)C(CCCC)[C+]1N=CC=N1. The summed E-state index contributed by atoms with van der Waals surface area (Å²) < 4.78 is 0. The molecule has 0 spiro atoms. The van der Waals surface area contributed by atoms with E-state index in [1.165, 1.54) is 115 Å². The van der Waals surface area contributed by atoms with E-state index in [1.54, 1.807) is 0 Å². The van der Waals surface area contributed by atoms with Crippen LogP contribution in [0.5, 0.6) is 0 Å². The first-order chi connectivity index (χ1) is 16.3. The molecule has 1 aliphatic rings. The van der Waals surface area contributed by atoms with Crippen molar-refractivity contribution in [3.63, 3.8) is 0 Å². The molecule has 0 saturated carbocycles. The van der Waals surface area contributed by atoms with Gasteiger partial charge in [-0.3, -0.25) is 0 Å². The lowest BCUT2D eigenvalue weighted by Gasteiger charge is -2.26. The molecule has 2 rings (SSSR count). The lowest BCUT2D eigenvalue weighted by atomic mass is 9.78. The van der Waals surface area contributed by atoms with Crippen molar-refractivity contribution < 1.29 is 0 Å².